The third kappa shape index (κ3) is 9.07. The van der Waals surface area contributed by atoms with Gasteiger partial charge in [-0.05, 0) is 22.3 Å². The number of rotatable bonds is 17. The van der Waals surface area contributed by atoms with E-state index >= 15 is 0 Å². The minimum Gasteiger partial charge on any atom is -0.368 e. The monoisotopic (exact) mass is 538 g/mol. The minimum atomic E-state index is -1.02. The molecule has 40 heavy (non-hydrogen) atoms. The second-order valence-corrected chi connectivity index (χ2v) is 9.32. The highest BCUT2D eigenvalue weighted by molar-refractivity contribution is 5.60. The molecule has 0 radical (unpaired) electrons. The number of hydrogen-bond donors (Lipinski definition) is 0. The third-order valence-electron chi connectivity index (χ3n) is 6.38. The summed E-state index contributed by atoms with van der Waals surface area (Å²) < 4.78 is 24.8. The summed E-state index contributed by atoms with van der Waals surface area (Å²) >= 11 is 0. The molecule has 6 nitrogen and oxygen atoms in total. The van der Waals surface area contributed by atoms with E-state index < -0.39 is 24.4 Å². The maximum absolute atomic E-state index is 12.5. The van der Waals surface area contributed by atoms with Gasteiger partial charge in [0.1, 0.15) is 24.4 Å². The van der Waals surface area contributed by atoms with Gasteiger partial charge < -0.3 is 28.5 Å². The molecule has 4 aromatic rings. The van der Waals surface area contributed by atoms with Crippen LogP contribution in [0.2, 0.25) is 0 Å². The van der Waals surface area contributed by atoms with Crippen LogP contribution in [0.4, 0.5) is 0 Å². The first-order chi connectivity index (χ1) is 19.8. The van der Waals surface area contributed by atoms with Crippen molar-refractivity contribution in [3.8, 4) is 0 Å². The zero-order valence-electron chi connectivity index (χ0n) is 22.3. The molecule has 4 rings (SSSR count). The Labute approximate surface area is 235 Å². The molecule has 0 aliphatic carbocycles. The van der Waals surface area contributed by atoms with Crippen LogP contribution >= 0.6 is 0 Å². The second-order valence-electron chi connectivity index (χ2n) is 9.32. The van der Waals surface area contributed by atoms with Crippen molar-refractivity contribution >= 4 is 12.6 Å². The normalized spacial score (nSPS) is 14.1. The van der Waals surface area contributed by atoms with E-state index in [0.29, 0.717) is 12.6 Å². The van der Waals surface area contributed by atoms with Gasteiger partial charge in [0, 0.05) is 0 Å². The SMILES string of the molecule is O=C[C@H](OCc1ccccc1)[C@@H](OCc1ccccc1)[C@H](OCc1ccccc1)[C@@H](C=O)OCc1ccccc1. The third-order valence-corrected chi connectivity index (χ3v) is 6.38. The van der Waals surface area contributed by atoms with Crippen molar-refractivity contribution in [3.63, 3.8) is 0 Å². The molecule has 0 amide bonds. The van der Waals surface area contributed by atoms with Crippen LogP contribution in [0.25, 0.3) is 0 Å². The largest absolute Gasteiger partial charge is 0.368 e. The molecule has 0 saturated heterocycles. The molecule has 0 fully saturated rings. The Bertz CT molecular complexity index is 1150. The number of carbonyl (C=O) groups excluding carboxylic acids is 2. The van der Waals surface area contributed by atoms with Gasteiger partial charge in [-0.15, -0.1) is 0 Å². The number of ether oxygens (including phenoxy) is 4. The number of benzene rings is 4. The van der Waals surface area contributed by atoms with Crippen LogP contribution in [0.3, 0.4) is 0 Å². The van der Waals surface area contributed by atoms with E-state index in [1.165, 1.54) is 0 Å². The lowest BCUT2D eigenvalue weighted by Crippen LogP contribution is -2.50. The Morgan fingerprint density at radius 2 is 0.650 bits per heavy atom. The van der Waals surface area contributed by atoms with Crippen molar-refractivity contribution in [1.82, 2.24) is 0 Å². The molecular weight excluding hydrogens is 504 g/mol. The van der Waals surface area contributed by atoms with E-state index in [2.05, 4.69) is 0 Å². The van der Waals surface area contributed by atoms with Crippen LogP contribution < -0.4 is 0 Å². The standard InChI is InChI=1S/C34H34O6/c35-21-31(37-23-27-13-5-1-6-14-27)33(39-25-29-17-9-3-10-18-29)34(40-26-30-19-11-4-12-20-30)32(22-36)38-24-28-15-7-2-8-16-28/h1-22,31-34H,23-26H2/t31-,32+,33-,34-/m1/s1. The van der Waals surface area contributed by atoms with E-state index in [-0.39, 0.29) is 26.4 Å². The van der Waals surface area contributed by atoms with Crippen molar-refractivity contribution in [2.24, 2.45) is 0 Å². The van der Waals surface area contributed by atoms with Crippen LogP contribution in [0.15, 0.2) is 121 Å². The summed E-state index contributed by atoms with van der Waals surface area (Å²) in [5.74, 6) is 0. The van der Waals surface area contributed by atoms with Gasteiger partial charge in [0.2, 0.25) is 0 Å². The molecule has 4 aromatic carbocycles. The molecule has 0 aliphatic rings. The van der Waals surface area contributed by atoms with Gasteiger partial charge in [-0.25, -0.2) is 0 Å². The molecule has 0 aliphatic heterocycles. The molecule has 206 valence electrons. The second kappa shape index (κ2) is 16.2. The maximum Gasteiger partial charge on any atom is 0.151 e. The molecule has 0 spiro atoms. The van der Waals surface area contributed by atoms with Crippen molar-refractivity contribution in [1.29, 1.82) is 0 Å². The van der Waals surface area contributed by atoms with Gasteiger partial charge in [0.05, 0.1) is 26.4 Å². The molecule has 4 atom stereocenters. The molecule has 6 heteroatoms. The van der Waals surface area contributed by atoms with Crippen LogP contribution in [-0.4, -0.2) is 37.0 Å². The van der Waals surface area contributed by atoms with Crippen molar-refractivity contribution in [3.05, 3.63) is 144 Å². The van der Waals surface area contributed by atoms with E-state index in [0.717, 1.165) is 22.3 Å². The van der Waals surface area contributed by atoms with E-state index in [4.69, 9.17) is 18.9 Å². The summed E-state index contributed by atoms with van der Waals surface area (Å²) in [4.78, 5) is 24.9. The van der Waals surface area contributed by atoms with Crippen LogP contribution in [0.5, 0.6) is 0 Å². The summed E-state index contributed by atoms with van der Waals surface area (Å²) in [5, 5.41) is 0. The Kier molecular flexibility index (Phi) is 11.8. The first kappa shape index (κ1) is 29.1. The van der Waals surface area contributed by atoms with Crippen LogP contribution in [0, 0.1) is 0 Å². The Morgan fingerprint density at radius 3 is 0.900 bits per heavy atom. The zero-order valence-corrected chi connectivity index (χ0v) is 22.3. The first-order valence-corrected chi connectivity index (χ1v) is 13.3. The predicted molar refractivity (Wildman–Crippen MR) is 152 cm³/mol. The zero-order chi connectivity index (χ0) is 27.8. The summed E-state index contributed by atoms with van der Waals surface area (Å²) in [5.41, 5.74) is 3.64. The molecular formula is C34H34O6. The van der Waals surface area contributed by atoms with E-state index in [9.17, 15) is 9.59 Å². The van der Waals surface area contributed by atoms with Gasteiger partial charge in [-0.1, -0.05) is 121 Å². The molecule has 0 N–H and O–H groups in total. The fraction of sp³-hybridized carbons (Fsp3) is 0.235. The van der Waals surface area contributed by atoms with Gasteiger partial charge >= 0.3 is 0 Å². The summed E-state index contributed by atoms with van der Waals surface area (Å²) in [6.45, 7) is 0.773. The highest BCUT2D eigenvalue weighted by Crippen LogP contribution is 2.22. The van der Waals surface area contributed by atoms with Gasteiger partial charge in [0.15, 0.2) is 12.6 Å². The fourth-order valence-corrected chi connectivity index (χ4v) is 4.24. The topological polar surface area (TPSA) is 71.1 Å². The highest BCUT2D eigenvalue weighted by atomic mass is 16.6. The minimum absolute atomic E-state index is 0.192. The van der Waals surface area contributed by atoms with Gasteiger partial charge in [-0.3, -0.25) is 0 Å². The number of hydrogen-bond acceptors (Lipinski definition) is 6. The quantitative estimate of drug-likeness (QED) is 0.160. The van der Waals surface area contributed by atoms with Gasteiger partial charge in [0.25, 0.3) is 0 Å². The van der Waals surface area contributed by atoms with E-state index in [1.807, 2.05) is 121 Å². The molecule has 0 aromatic heterocycles. The Morgan fingerprint density at radius 1 is 0.400 bits per heavy atom. The first-order valence-electron chi connectivity index (χ1n) is 13.3. The molecule has 0 unspecified atom stereocenters. The highest BCUT2D eigenvalue weighted by Gasteiger charge is 2.38. The molecule has 0 saturated carbocycles. The van der Waals surface area contributed by atoms with Crippen molar-refractivity contribution in [2.75, 3.05) is 0 Å². The summed E-state index contributed by atoms with van der Waals surface area (Å²) in [6.07, 6.45) is -2.50. The van der Waals surface area contributed by atoms with Crippen LogP contribution in [0.1, 0.15) is 22.3 Å². The lowest BCUT2D eigenvalue weighted by molar-refractivity contribution is -0.187. The average molecular weight is 539 g/mol. The number of carbonyl (C=O) groups is 2. The van der Waals surface area contributed by atoms with Crippen LogP contribution in [-0.2, 0) is 55.0 Å². The Hall–Kier alpha value is -3.94. The maximum atomic E-state index is 12.5. The summed E-state index contributed by atoms with van der Waals surface area (Å²) in [7, 11) is 0. The van der Waals surface area contributed by atoms with Gasteiger partial charge in [-0.2, -0.15) is 0 Å². The summed E-state index contributed by atoms with van der Waals surface area (Å²) in [6, 6.07) is 38.4. The van der Waals surface area contributed by atoms with Crippen molar-refractivity contribution in [2.45, 2.75) is 50.8 Å². The average Bonchev–Trinajstić information content (AvgIpc) is 3.02. The smallest absolute Gasteiger partial charge is 0.151 e. The Balaban J connectivity index is 1.60. The van der Waals surface area contributed by atoms with Crippen molar-refractivity contribution < 1.29 is 28.5 Å². The van der Waals surface area contributed by atoms with E-state index in [1.54, 1.807) is 0 Å². The number of aldehydes is 2. The lowest BCUT2D eigenvalue weighted by atomic mass is 10.0. The lowest BCUT2D eigenvalue weighted by Gasteiger charge is -2.34. The fourth-order valence-electron chi connectivity index (χ4n) is 4.24. The molecule has 0 heterocycles. The predicted octanol–water partition coefficient (Wildman–Crippen LogP) is 5.73. The molecule has 0 bridgehead atoms.